The number of aliphatic carboxylic acids is 2. The van der Waals surface area contributed by atoms with Crippen molar-refractivity contribution in [3.05, 3.63) is 0 Å². The Labute approximate surface area is 189 Å². The Bertz CT molecular complexity index is 732. The van der Waals surface area contributed by atoms with Crippen LogP contribution in [0.5, 0.6) is 0 Å². The number of carboxylic acid groups (broad SMARTS) is 2. The van der Waals surface area contributed by atoms with E-state index in [2.05, 4.69) is 19.0 Å². The van der Waals surface area contributed by atoms with Gasteiger partial charge >= 0.3 is 11.9 Å². The van der Waals surface area contributed by atoms with Crippen LogP contribution in [0.4, 0.5) is 0 Å². The zero-order valence-corrected chi connectivity index (χ0v) is 19.1. The largest absolute Gasteiger partial charge is 0.473 e. The summed E-state index contributed by atoms with van der Waals surface area (Å²) in [5.74, 6) is -1.55. The number of rotatable bonds is 3. The summed E-state index contributed by atoms with van der Waals surface area (Å²) in [7, 11) is 0. The van der Waals surface area contributed by atoms with Gasteiger partial charge in [0.25, 0.3) is 0 Å². The molecular formula is C23H38N2O7. The van der Waals surface area contributed by atoms with Gasteiger partial charge < -0.3 is 31.0 Å². The number of hydrogen-bond donors (Lipinski definition) is 5. The van der Waals surface area contributed by atoms with Crippen molar-refractivity contribution < 1.29 is 34.9 Å². The van der Waals surface area contributed by atoms with Crippen molar-refractivity contribution in [3.63, 3.8) is 0 Å². The van der Waals surface area contributed by atoms with Crippen LogP contribution in [0.3, 0.4) is 0 Å². The van der Waals surface area contributed by atoms with Crippen molar-refractivity contribution in [2.45, 2.75) is 77.4 Å². The maximum atomic E-state index is 11.1. The van der Waals surface area contributed by atoms with E-state index in [0.29, 0.717) is 30.9 Å². The molecule has 0 unspecified atom stereocenters. The van der Waals surface area contributed by atoms with E-state index < -0.39 is 11.9 Å². The first-order valence-electron chi connectivity index (χ1n) is 11.7. The van der Waals surface area contributed by atoms with Crippen molar-refractivity contribution in [1.82, 2.24) is 0 Å². The number of aliphatic hydroxyl groups excluding tert-OH is 2. The standard InChI is InChI=1S/C21H36N2O3.C2H2O4/c1-20-7-5-13(23-26-10-9-22)11-17(20)18(24)12-14-15-3-4-19(25)21(15,2)8-6-16(14)20;3-1(4)2(5)6/h14-19,24-25H,3-12,22H2,1-2H3;(H,3,4)(H,5,6)/b23-13+;/t14-,15-,16-,17+,18-,19-,20+,21-;/m0./s1. The third-order valence-electron chi connectivity index (χ3n) is 9.05. The third-order valence-corrected chi connectivity index (χ3v) is 9.05. The van der Waals surface area contributed by atoms with Crippen LogP contribution in [-0.4, -0.2) is 63.4 Å². The van der Waals surface area contributed by atoms with Crippen LogP contribution in [0.25, 0.3) is 0 Å². The smallest absolute Gasteiger partial charge is 0.414 e. The molecule has 4 aliphatic carbocycles. The second-order valence-electron chi connectivity index (χ2n) is 10.5. The van der Waals surface area contributed by atoms with Crippen molar-refractivity contribution in [3.8, 4) is 0 Å². The summed E-state index contributed by atoms with van der Waals surface area (Å²) in [6, 6.07) is 0. The van der Waals surface area contributed by atoms with Gasteiger partial charge in [-0.1, -0.05) is 19.0 Å². The van der Waals surface area contributed by atoms with Gasteiger partial charge in [-0.2, -0.15) is 0 Å². The molecule has 0 aromatic carbocycles. The number of oxime groups is 1. The minimum atomic E-state index is -1.82. The summed E-state index contributed by atoms with van der Waals surface area (Å²) in [6.45, 7) is 5.66. The van der Waals surface area contributed by atoms with E-state index in [9.17, 15) is 10.2 Å². The van der Waals surface area contributed by atoms with Gasteiger partial charge in [0.1, 0.15) is 6.61 Å². The van der Waals surface area contributed by atoms with Gasteiger partial charge in [-0.05, 0) is 85.9 Å². The lowest BCUT2D eigenvalue weighted by molar-refractivity contribution is -0.159. The summed E-state index contributed by atoms with van der Waals surface area (Å²) in [5.41, 5.74) is 6.83. The minimum absolute atomic E-state index is 0.0709. The normalized spacial score (nSPS) is 43.8. The maximum Gasteiger partial charge on any atom is 0.414 e. The van der Waals surface area contributed by atoms with Crippen molar-refractivity contribution >= 4 is 17.7 Å². The van der Waals surface area contributed by atoms with Crippen molar-refractivity contribution in [2.75, 3.05) is 13.2 Å². The number of carboxylic acids is 2. The highest BCUT2D eigenvalue weighted by Crippen LogP contribution is 2.65. The first kappa shape index (κ1) is 24.9. The second-order valence-corrected chi connectivity index (χ2v) is 10.5. The van der Waals surface area contributed by atoms with Crippen LogP contribution in [0.15, 0.2) is 5.16 Å². The van der Waals surface area contributed by atoms with Crippen molar-refractivity contribution in [1.29, 1.82) is 0 Å². The van der Waals surface area contributed by atoms with Gasteiger partial charge in [-0.3, -0.25) is 0 Å². The fourth-order valence-electron chi connectivity index (χ4n) is 7.35. The molecule has 0 amide bonds. The molecule has 0 heterocycles. The lowest BCUT2D eigenvalue weighted by Gasteiger charge is -2.61. The lowest BCUT2D eigenvalue weighted by Crippen LogP contribution is -2.58. The molecule has 4 rings (SSSR count). The van der Waals surface area contributed by atoms with Gasteiger partial charge in [0.15, 0.2) is 0 Å². The summed E-state index contributed by atoms with van der Waals surface area (Å²) in [4.78, 5) is 23.5. The maximum absolute atomic E-state index is 11.1. The van der Waals surface area contributed by atoms with Gasteiger partial charge in [0, 0.05) is 6.54 Å². The molecule has 0 bridgehead atoms. The van der Waals surface area contributed by atoms with E-state index in [-0.39, 0.29) is 29.0 Å². The molecule has 0 aliphatic heterocycles. The van der Waals surface area contributed by atoms with Gasteiger partial charge in [0.05, 0.1) is 17.9 Å². The molecule has 8 atom stereocenters. The number of hydrogen-bond acceptors (Lipinski definition) is 7. The van der Waals surface area contributed by atoms with E-state index in [1.54, 1.807) is 0 Å². The van der Waals surface area contributed by atoms with E-state index in [1.807, 2.05) is 0 Å². The molecule has 0 aromatic heterocycles. The molecule has 6 N–H and O–H groups in total. The summed E-state index contributed by atoms with van der Waals surface area (Å²) < 4.78 is 0. The van der Waals surface area contributed by atoms with Crippen LogP contribution in [-0.2, 0) is 14.4 Å². The van der Waals surface area contributed by atoms with Crippen LogP contribution in [0, 0.1) is 34.5 Å². The first-order valence-corrected chi connectivity index (χ1v) is 11.7. The number of nitrogens with zero attached hydrogens (tertiary/aromatic N) is 1. The third kappa shape index (κ3) is 4.52. The van der Waals surface area contributed by atoms with E-state index in [4.69, 9.17) is 30.4 Å². The molecular weight excluding hydrogens is 416 g/mol. The Morgan fingerprint density at radius 1 is 1.03 bits per heavy atom. The Hall–Kier alpha value is -1.71. The van der Waals surface area contributed by atoms with Gasteiger partial charge in [0.2, 0.25) is 0 Å². The van der Waals surface area contributed by atoms with Crippen molar-refractivity contribution in [2.24, 2.45) is 45.4 Å². The summed E-state index contributed by atoms with van der Waals surface area (Å²) in [6.07, 6.45) is 7.81. The predicted molar refractivity (Wildman–Crippen MR) is 117 cm³/mol. The highest BCUT2D eigenvalue weighted by molar-refractivity contribution is 6.27. The predicted octanol–water partition coefficient (Wildman–Crippen LogP) is 1.85. The first-order chi connectivity index (χ1) is 15.0. The molecule has 0 spiro atoms. The Balaban J connectivity index is 0.000000427. The molecule has 9 nitrogen and oxygen atoms in total. The van der Waals surface area contributed by atoms with Crippen LogP contribution in [0.1, 0.15) is 65.2 Å². The highest BCUT2D eigenvalue weighted by atomic mass is 16.6. The topological polar surface area (TPSA) is 163 Å². The Morgan fingerprint density at radius 3 is 2.31 bits per heavy atom. The molecule has 4 fully saturated rings. The lowest BCUT2D eigenvalue weighted by atomic mass is 9.44. The quantitative estimate of drug-likeness (QED) is 0.245. The van der Waals surface area contributed by atoms with Gasteiger partial charge in [-0.25, -0.2) is 9.59 Å². The number of carbonyl (C=O) groups is 2. The number of fused-ring (bicyclic) bond motifs is 5. The molecule has 0 aromatic rings. The number of aliphatic hydroxyl groups is 2. The molecule has 32 heavy (non-hydrogen) atoms. The fourth-order valence-corrected chi connectivity index (χ4v) is 7.35. The molecule has 182 valence electrons. The summed E-state index contributed by atoms with van der Waals surface area (Å²) in [5, 5.41) is 40.7. The molecule has 9 heteroatoms. The SMILES string of the molecule is C[C@]12CC/C(=N\OCCN)C[C@@H]1[C@@H](O)C[C@@H]1[C@@H]2CC[C@]2(C)[C@@H](O)CC[C@@H]12.O=C(O)C(=O)O. The zero-order chi connectivity index (χ0) is 23.7. The Kier molecular flexibility index (Phi) is 7.51. The Morgan fingerprint density at radius 2 is 1.69 bits per heavy atom. The molecule has 0 saturated heterocycles. The second kappa shape index (κ2) is 9.65. The van der Waals surface area contributed by atoms with Crippen LogP contribution in [0.2, 0.25) is 0 Å². The number of nitrogens with two attached hydrogens (primary N) is 1. The summed E-state index contributed by atoms with van der Waals surface area (Å²) >= 11 is 0. The van der Waals surface area contributed by atoms with Crippen LogP contribution < -0.4 is 5.73 Å². The molecule has 4 aliphatic rings. The minimum Gasteiger partial charge on any atom is -0.473 e. The van der Waals surface area contributed by atoms with Gasteiger partial charge in [-0.15, -0.1) is 0 Å². The molecule has 4 saturated carbocycles. The van der Waals surface area contributed by atoms with E-state index in [0.717, 1.165) is 50.7 Å². The van der Waals surface area contributed by atoms with Crippen LogP contribution >= 0.6 is 0 Å². The average Bonchev–Trinajstić information content (AvgIpc) is 3.04. The highest BCUT2D eigenvalue weighted by Gasteiger charge is 2.61. The zero-order valence-electron chi connectivity index (χ0n) is 19.1. The average molecular weight is 455 g/mol. The van der Waals surface area contributed by atoms with E-state index in [1.165, 1.54) is 6.42 Å². The monoisotopic (exact) mass is 454 g/mol. The fraction of sp³-hybridized carbons (Fsp3) is 0.870. The van der Waals surface area contributed by atoms with E-state index >= 15 is 0 Å². The molecule has 0 radical (unpaired) electrons.